The number of fused-ring (bicyclic) bond motifs is 4. The molecule has 1 saturated heterocycles. The van der Waals surface area contributed by atoms with Crippen LogP contribution in [0.25, 0.3) is 5.70 Å². The lowest BCUT2D eigenvalue weighted by Gasteiger charge is -2.51. The van der Waals surface area contributed by atoms with Crippen LogP contribution in [0.4, 0.5) is 0 Å². The lowest BCUT2D eigenvalue weighted by molar-refractivity contribution is -0.157. The normalized spacial score (nSPS) is 23.8. The highest BCUT2D eigenvalue weighted by atomic mass is 16.5. The zero-order valence-corrected chi connectivity index (χ0v) is 15.8. The molecule has 0 bridgehead atoms. The second-order valence-electron chi connectivity index (χ2n) is 7.60. The van der Waals surface area contributed by atoms with Crippen LogP contribution in [0.1, 0.15) is 30.0 Å². The van der Waals surface area contributed by atoms with E-state index in [0.717, 1.165) is 48.7 Å². The molecule has 3 heterocycles. The van der Waals surface area contributed by atoms with Crippen molar-refractivity contribution >= 4 is 5.70 Å². The second kappa shape index (κ2) is 6.29. The molecule has 140 valence electrons. The summed E-state index contributed by atoms with van der Waals surface area (Å²) in [5.41, 5.74) is 6.71. The number of methoxy groups -OCH3 is 1. The van der Waals surface area contributed by atoms with Crippen LogP contribution in [-0.4, -0.2) is 42.9 Å². The molecule has 0 saturated carbocycles. The molecule has 1 N–H and O–H groups in total. The number of hydrogen-bond acceptors (Lipinski definition) is 5. The van der Waals surface area contributed by atoms with Crippen LogP contribution in [0.2, 0.25) is 0 Å². The van der Waals surface area contributed by atoms with Gasteiger partial charge in [0.05, 0.1) is 18.8 Å². The number of hydrogen-bond donors (Lipinski definition) is 1. The molecule has 1 fully saturated rings. The Morgan fingerprint density at radius 2 is 1.81 bits per heavy atom. The average Bonchev–Trinajstić information content (AvgIpc) is 3.17. The van der Waals surface area contributed by atoms with Crippen LogP contribution in [0.3, 0.4) is 0 Å². The number of likely N-dealkylation sites (tertiary alicyclic amines) is 1. The summed E-state index contributed by atoms with van der Waals surface area (Å²) in [5.74, 6) is 1.88. The molecular weight excluding hydrogens is 338 g/mol. The van der Waals surface area contributed by atoms with Crippen molar-refractivity contribution in [2.75, 3.05) is 27.2 Å². The summed E-state index contributed by atoms with van der Waals surface area (Å²) in [4.78, 5) is 2.37. The number of hydrazine groups is 1. The van der Waals surface area contributed by atoms with E-state index in [2.05, 4.69) is 58.8 Å². The van der Waals surface area contributed by atoms with Gasteiger partial charge in [-0.3, -0.25) is 0 Å². The zero-order chi connectivity index (χ0) is 18.4. The molecule has 0 unspecified atom stereocenters. The van der Waals surface area contributed by atoms with Gasteiger partial charge in [0.1, 0.15) is 11.5 Å². The van der Waals surface area contributed by atoms with Crippen molar-refractivity contribution in [3.63, 3.8) is 0 Å². The number of benzene rings is 2. The van der Waals surface area contributed by atoms with Crippen molar-refractivity contribution < 1.29 is 9.47 Å². The molecule has 5 rings (SSSR count). The number of para-hydroxylation sites is 2. The van der Waals surface area contributed by atoms with Crippen molar-refractivity contribution in [1.29, 1.82) is 0 Å². The predicted octanol–water partition coefficient (Wildman–Crippen LogP) is 3.41. The monoisotopic (exact) mass is 363 g/mol. The fraction of sp³-hybridized carbons (Fsp3) is 0.364. The van der Waals surface area contributed by atoms with E-state index in [1.807, 2.05) is 18.2 Å². The Morgan fingerprint density at radius 3 is 2.63 bits per heavy atom. The molecule has 0 aliphatic carbocycles. The van der Waals surface area contributed by atoms with E-state index in [1.165, 1.54) is 5.56 Å². The third kappa shape index (κ3) is 2.61. The van der Waals surface area contributed by atoms with Crippen molar-refractivity contribution in [3.05, 3.63) is 65.7 Å². The van der Waals surface area contributed by atoms with Gasteiger partial charge in [-0.1, -0.05) is 30.3 Å². The number of rotatable bonds is 2. The smallest absolute Gasteiger partial charge is 0.182 e. The summed E-state index contributed by atoms with van der Waals surface area (Å²) >= 11 is 0. The molecule has 1 atom stereocenters. The Morgan fingerprint density at radius 1 is 1.07 bits per heavy atom. The summed E-state index contributed by atoms with van der Waals surface area (Å²) in [7, 11) is 3.90. The van der Waals surface area contributed by atoms with Gasteiger partial charge >= 0.3 is 0 Å². The van der Waals surface area contributed by atoms with Gasteiger partial charge in [0.2, 0.25) is 0 Å². The minimum atomic E-state index is -0.328. The SMILES string of the molecule is COc1ccccc1C1=C[C@H]2c3ccccc3OC3(CCN(C)CC3)N2N1. The molecule has 0 radical (unpaired) electrons. The van der Waals surface area contributed by atoms with Crippen LogP contribution >= 0.6 is 0 Å². The molecule has 1 spiro atoms. The number of ether oxygens (including phenoxy) is 2. The summed E-state index contributed by atoms with van der Waals surface area (Å²) in [6.45, 7) is 2.05. The largest absolute Gasteiger partial charge is 0.496 e. The maximum absolute atomic E-state index is 6.64. The lowest BCUT2D eigenvalue weighted by Crippen LogP contribution is -2.63. The Balaban J connectivity index is 1.58. The number of piperidine rings is 1. The number of nitrogens with one attached hydrogen (secondary N) is 1. The summed E-state index contributed by atoms with van der Waals surface area (Å²) in [6.07, 6.45) is 4.24. The van der Waals surface area contributed by atoms with Crippen molar-refractivity contribution in [1.82, 2.24) is 15.3 Å². The maximum atomic E-state index is 6.64. The minimum Gasteiger partial charge on any atom is -0.496 e. The van der Waals surface area contributed by atoms with Gasteiger partial charge in [0.25, 0.3) is 0 Å². The fourth-order valence-electron chi connectivity index (χ4n) is 4.45. The third-order valence-electron chi connectivity index (χ3n) is 5.99. The van der Waals surface area contributed by atoms with Gasteiger partial charge in [-0.2, -0.15) is 5.01 Å². The average molecular weight is 363 g/mol. The molecule has 5 heteroatoms. The first-order valence-electron chi connectivity index (χ1n) is 9.58. The maximum Gasteiger partial charge on any atom is 0.182 e. The van der Waals surface area contributed by atoms with Crippen LogP contribution in [-0.2, 0) is 0 Å². The molecule has 27 heavy (non-hydrogen) atoms. The standard InChI is InChI=1S/C22H25N3O2/c1-24-13-11-22(12-14-24)25-19(17-8-4-6-10-21(17)27-22)15-18(23-25)16-7-3-5-9-20(16)26-2/h3-10,15,19,23H,11-14H2,1-2H3/t19-/m0/s1. The van der Waals surface area contributed by atoms with Gasteiger partial charge in [-0.25, -0.2) is 0 Å². The highest BCUT2D eigenvalue weighted by Crippen LogP contribution is 2.48. The summed E-state index contributed by atoms with van der Waals surface area (Å²) < 4.78 is 12.2. The van der Waals surface area contributed by atoms with Crippen molar-refractivity contribution in [2.24, 2.45) is 0 Å². The minimum absolute atomic E-state index is 0.151. The van der Waals surface area contributed by atoms with E-state index >= 15 is 0 Å². The first kappa shape index (κ1) is 16.7. The Hall–Kier alpha value is -2.50. The quantitative estimate of drug-likeness (QED) is 0.885. The van der Waals surface area contributed by atoms with Gasteiger partial charge in [-0.05, 0) is 31.3 Å². The van der Waals surface area contributed by atoms with E-state index in [0.29, 0.717) is 0 Å². The molecular formula is C22H25N3O2. The van der Waals surface area contributed by atoms with E-state index in [9.17, 15) is 0 Å². The van der Waals surface area contributed by atoms with E-state index in [1.54, 1.807) is 7.11 Å². The zero-order valence-electron chi connectivity index (χ0n) is 15.8. The molecule has 0 amide bonds. The van der Waals surface area contributed by atoms with Gasteiger partial charge in [0, 0.05) is 37.1 Å². The Kier molecular flexibility index (Phi) is 3.88. The molecule has 2 aromatic rings. The van der Waals surface area contributed by atoms with E-state index in [-0.39, 0.29) is 11.8 Å². The molecule has 3 aliphatic rings. The summed E-state index contributed by atoms with van der Waals surface area (Å²) in [5, 5.41) is 2.32. The predicted molar refractivity (Wildman–Crippen MR) is 105 cm³/mol. The van der Waals surface area contributed by atoms with Crippen molar-refractivity contribution in [2.45, 2.75) is 24.6 Å². The van der Waals surface area contributed by atoms with Crippen LogP contribution in [0.5, 0.6) is 11.5 Å². The van der Waals surface area contributed by atoms with Gasteiger partial charge in [-0.15, -0.1) is 0 Å². The van der Waals surface area contributed by atoms with E-state index < -0.39 is 0 Å². The highest BCUT2D eigenvalue weighted by Gasteiger charge is 2.51. The molecule has 2 aromatic carbocycles. The highest BCUT2D eigenvalue weighted by molar-refractivity contribution is 5.72. The van der Waals surface area contributed by atoms with Gasteiger partial charge in [0.15, 0.2) is 5.72 Å². The first-order chi connectivity index (χ1) is 13.2. The Labute approximate surface area is 160 Å². The second-order valence-corrected chi connectivity index (χ2v) is 7.60. The lowest BCUT2D eigenvalue weighted by atomic mass is 9.93. The van der Waals surface area contributed by atoms with Crippen LogP contribution < -0.4 is 14.9 Å². The van der Waals surface area contributed by atoms with Crippen molar-refractivity contribution in [3.8, 4) is 11.5 Å². The van der Waals surface area contributed by atoms with Gasteiger partial charge < -0.3 is 19.8 Å². The number of nitrogens with zero attached hydrogens (tertiary/aromatic N) is 2. The topological polar surface area (TPSA) is 37.0 Å². The third-order valence-corrected chi connectivity index (χ3v) is 5.99. The van der Waals surface area contributed by atoms with Crippen LogP contribution in [0, 0.1) is 0 Å². The molecule has 5 nitrogen and oxygen atoms in total. The first-order valence-corrected chi connectivity index (χ1v) is 9.58. The molecule has 0 aromatic heterocycles. The Bertz CT molecular complexity index is 887. The molecule has 3 aliphatic heterocycles. The van der Waals surface area contributed by atoms with E-state index in [4.69, 9.17) is 9.47 Å². The van der Waals surface area contributed by atoms with Crippen LogP contribution in [0.15, 0.2) is 54.6 Å². The fourth-order valence-corrected chi connectivity index (χ4v) is 4.45. The summed E-state index contributed by atoms with van der Waals surface area (Å²) in [6, 6.07) is 16.7.